The monoisotopic (exact) mass is 342 g/mol. The van der Waals surface area contributed by atoms with Crippen molar-refractivity contribution in [2.45, 2.75) is 12.8 Å². The zero-order valence-electron chi connectivity index (χ0n) is 13.0. The van der Waals surface area contributed by atoms with Crippen LogP contribution in [0.2, 0.25) is 5.02 Å². The van der Waals surface area contributed by atoms with Gasteiger partial charge in [-0.15, -0.1) is 0 Å². The first-order chi connectivity index (χ1) is 11.5. The van der Waals surface area contributed by atoms with Gasteiger partial charge in [-0.2, -0.15) is 5.26 Å². The molecule has 0 heterocycles. The van der Waals surface area contributed by atoms with Crippen molar-refractivity contribution in [3.05, 3.63) is 64.2 Å². The van der Waals surface area contributed by atoms with Gasteiger partial charge in [0.2, 0.25) is 5.91 Å². The van der Waals surface area contributed by atoms with Gasteiger partial charge in [0.05, 0.1) is 35.0 Å². The van der Waals surface area contributed by atoms with Gasteiger partial charge >= 0.3 is 5.97 Å². The Balaban J connectivity index is 1.99. The molecule has 6 heteroatoms. The summed E-state index contributed by atoms with van der Waals surface area (Å²) in [5.41, 5.74) is 2.21. The van der Waals surface area contributed by atoms with E-state index in [-0.39, 0.29) is 12.3 Å². The number of nitrogens with one attached hydrogen (secondary N) is 1. The Labute approximate surface area is 144 Å². The summed E-state index contributed by atoms with van der Waals surface area (Å²) in [4.78, 5) is 23.6. The van der Waals surface area contributed by atoms with E-state index >= 15 is 0 Å². The number of aryl methyl sites for hydroxylation is 1. The summed E-state index contributed by atoms with van der Waals surface area (Å²) >= 11 is 6.04. The number of hydrogen-bond acceptors (Lipinski definition) is 4. The molecular formula is C18H15ClN2O3. The first kappa shape index (κ1) is 17.5. The average molecular weight is 343 g/mol. The van der Waals surface area contributed by atoms with Gasteiger partial charge in [-0.1, -0.05) is 23.7 Å². The molecule has 0 atom stereocenters. The third-order valence-electron chi connectivity index (χ3n) is 3.39. The molecule has 0 aliphatic heterocycles. The van der Waals surface area contributed by atoms with Crippen LogP contribution in [0.4, 0.5) is 5.69 Å². The Morgan fingerprint density at radius 2 is 1.92 bits per heavy atom. The minimum Gasteiger partial charge on any atom is -0.465 e. The van der Waals surface area contributed by atoms with Crippen LogP contribution in [-0.2, 0) is 16.0 Å². The van der Waals surface area contributed by atoms with Gasteiger partial charge in [0.15, 0.2) is 0 Å². The highest BCUT2D eigenvalue weighted by molar-refractivity contribution is 6.33. The van der Waals surface area contributed by atoms with Crippen molar-refractivity contribution in [2.75, 3.05) is 12.4 Å². The third kappa shape index (κ3) is 4.58. The van der Waals surface area contributed by atoms with Crippen LogP contribution in [0.15, 0.2) is 42.5 Å². The highest BCUT2D eigenvalue weighted by Crippen LogP contribution is 2.23. The Hall–Kier alpha value is -2.84. The van der Waals surface area contributed by atoms with Crippen molar-refractivity contribution in [2.24, 2.45) is 0 Å². The number of carbonyl (C=O) groups excluding carboxylic acids is 2. The summed E-state index contributed by atoms with van der Waals surface area (Å²) in [6.07, 6.45) is 0.788. The summed E-state index contributed by atoms with van der Waals surface area (Å²) in [5.74, 6) is -0.719. The molecule has 1 amide bonds. The molecule has 5 nitrogen and oxygen atoms in total. The van der Waals surface area contributed by atoms with Crippen molar-refractivity contribution < 1.29 is 14.3 Å². The standard InChI is InChI=1S/C18H15ClN2O3/c1-24-18(23)14-7-8-15(19)16(10-14)21-17(22)9-6-12-2-4-13(11-20)5-3-12/h2-5,7-8,10H,6,9H2,1H3,(H,21,22). The molecule has 0 fully saturated rings. The fourth-order valence-electron chi connectivity index (χ4n) is 2.08. The maximum atomic E-state index is 12.1. The van der Waals surface area contributed by atoms with Crippen molar-refractivity contribution in [1.82, 2.24) is 0 Å². The molecule has 122 valence electrons. The maximum Gasteiger partial charge on any atom is 0.337 e. The fraction of sp³-hybridized carbons (Fsp3) is 0.167. The second-order valence-electron chi connectivity index (χ2n) is 5.04. The molecule has 2 aromatic rings. The number of nitrogens with zero attached hydrogens (tertiary/aromatic N) is 1. The van der Waals surface area contributed by atoms with Crippen LogP contribution >= 0.6 is 11.6 Å². The van der Waals surface area contributed by atoms with Crippen LogP contribution in [0.5, 0.6) is 0 Å². The quantitative estimate of drug-likeness (QED) is 0.842. The third-order valence-corrected chi connectivity index (χ3v) is 3.71. The topological polar surface area (TPSA) is 79.2 Å². The molecule has 2 rings (SSSR count). The van der Waals surface area contributed by atoms with E-state index in [1.54, 1.807) is 12.1 Å². The Bertz CT molecular complexity index is 795. The van der Waals surface area contributed by atoms with E-state index in [1.807, 2.05) is 18.2 Å². The normalized spacial score (nSPS) is 9.88. The molecule has 0 aliphatic rings. The molecule has 0 aromatic heterocycles. The van der Waals surface area contributed by atoms with Gasteiger partial charge in [-0.25, -0.2) is 4.79 Å². The minimum atomic E-state index is -0.500. The second kappa shape index (κ2) is 8.14. The smallest absolute Gasteiger partial charge is 0.337 e. The van der Waals surface area contributed by atoms with E-state index in [0.717, 1.165) is 5.56 Å². The summed E-state index contributed by atoms with van der Waals surface area (Å²) in [6.45, 7) is 0. The molecule has 2 aromatic carbocycles. The Kier molecular flexibility index (Phi) is 5.94. The van der Waals surface area contributed by atoms with Crippen LogP contribution in [0, 0.1) is 11.3 Å². The molecule has 1 N–H and O–H groups in total. The Morgan fingerprint density at radius 3 is 2.54 bits per heavy atom. The molecule has 0 bridgehead atoms. The van der Waals surface area contributed by atoms with E-state index in [2.05, 4.69) is 10.1 Å². The van der Waals surface area contributed by atoms with Crippen LogP contribution in [-0.4, -0.2) is 19.0 Å². The number of hydrogen-bond donors (Lipinski definition) is 1. The van der Waals surface area contributed by atoms with Crippen molar-refractivity contribution in [3.63, 3.8) is 0 Å². The number of carbonyl (C=O) groups is 2. The molecule has 0 radical (unpaired) electrons. The molecular weight excluding hydrogens is 328 g/mol. The lowest BCUT2D eigenvalue weighted by Crippen LogP contribution is -2.13. The Morgan fingerprint density at radius 1 is 1.21 bits per heavy atom. The molecule has 0 saturated carbocycles. The van der Waals surface area contributed by atoms with Gasteiger partial charge < -0.3 is 10.1 Å². The number of ether oxygens (including phenoxy) is 1. The molecule has 24 heavy (non-hydrogen) atoms. The van der Waals surface area contributed by atoms with Gasteiger partial charge in [-0.3, -0.25) is 4.79 Å². The van der Waals surface area contributed by atoms with Gasteiger partial charge in [0, 0.05) is 6.42 Å². The van der Waals surface area contributed by atoms with Crippen LogP contribution < -0.4 is 5.32 Å². The lowest BCUT2D eigenvalue weighted by atomic mass is 10.1. The second-order valence-corrected chi connectivity index (χ2v) is 5.45. The van der Waals surface area contributed by atoms with Gasteiger partial charge in [-0.05, 0) is 42.3 Å². The first-order valence-corrected chi connectivity index (χ1v) is 7.58. The zero-order valence-corrected chi connectivity index (χ0v) is 13.8. The fourth-order valence-corrected chi connectivity index (χ4v) is 2.25. The predicted octanol–water partition coefficient (Wildman–Crippen LogP) is 3.57. The molecule has 0 unspecified atom stereocenters. The summed E-state index contributed by atoms with van der Waals surface area (Å²) < 4.78 is 4.64. The van der Waals surface area contributed by atoms with E-state index in [0.29, 0.717) is 28.3 Å². The number of nitriles is 1. The van der Waals surface area contributed by atoms with Crippen LogP contribution in [0.25, 0.3) is 0 Å². The van der Waals surface area contributed by atoms with Crippen molar-refractivity contribution in [3.8, 4) is 6.07 Å². The number of halogens is 1. The highest BCUT2D eigenvalue weighted by Gasteiger charge is 2.11. The van der Waals surface area contributed by atoms with Gasteiger partial charge in [0.1, 0.15) is 0 Å². The first-order valence-electron chi connectivity index (χ1n) is 7.20. The number of esters is 1. The van der Waals surface area contributed by atoms with E-state index in [9.17, 15) is 9.59 Å². The average Bonchev–Trinajstić information content (AvgIpc) is 2.61. The summed E-state index contributed by atoms with van der Waals surface area (Å²) in [5, 5.41) is 11.8. The number of methoxy groups -OCH3 is 1. The lowest BCUT2D eigenvalue weighted by Gasteiger charge is -2.09. The predicted molar refractivity (Wildman–Crippen MR) is 90.9 cm³/mol. The molecule has 0 aliphatic carbocycles. The number of rotatable bonds is 5. The molecule has 0 spiro atoms. The van der Waals surface area contributed by atoms with E-state index in [4.69, 9.17) is 16.9 Å². The van der Waals surface area contributed by atoms with E-state index < -0.39 is 5.97 Å². The number of benzene rings is 2. The van der Waals surface area contributed by atoms with Gasteiger partial charge in [0.25, 0.3) is 0 Å². The van der Waals surface area contributed by atoms with Crippen molar-refractivity contribution in [1.29, 1.82) is 5.26 Å². The number of anilines is 1. The highest BCUT2D eigenvalue weighted by atomic mass is 35.5. The maximum absolute atomic E-state index is 12.1. The minimum absolute atomic E-state index is 0.219. The summed E-state index contributed by atoms with van der Waals surface area (Å²) in [7, 11) is 1.28. The van der Waals surface area contributed by atoms with Crippen LogP contribution in [0.1, 0.15) is 27.9 Å². The van der Waals surface area contributed by atoms with Crippen molar-refractivity contribution >= 4 is 29.2 Å². The number of amides is 1. The van der Waals surface area contributed by atoms with E-state index in [1.165, 1.54) is 25.3 Å². The largest absolute Gasteiger partial charge is 0.465 e. The summed E-state index contributed by atoms with van der Waals surface area (Å²) in [6, 6.07) is 13.6. The van der Waals surface area contributed by atoms with Crippen LogP contribution in [0.3, 0.4) is 0 Å². The SMILES string of the molecule is COC(=O)c1ccc(Cl)c(NC(=O)CCc2ccc(C#N)cc2)c1. The zero-order chi connectivity index (χ0) is 17.5. The lowest BCUT2D eigenvalue weighted by molar-refractivity contribution is -0.116. The molecule has 0 saturated heterocycles.